The van der Waals surface area contributed by atoms with E-state index in [1.165, 1.54) is 25.9 Å². The molecule has 0 aromatic heterocycles. The van der Waals surface area contributed by atoms with Gasteiger partial charge in [0.25, 0.3) is 5.91 Å². The molecule has 1 atom stereocenters. The summed E-state index contributed by atoms with van der Waals surface area (Å²) in [5, 5.41) is 0. The van der Waals surface area contributed by atoms with Crippen molar-refractivity contribution in [1.29, 1.82) is 0 Å². The zero-order valence-corrected chi connectivity index (χ0v) is 13.4. The zero-order valence-electron chi connectivity index (χ0n) is 13.4. The van der Waals surface area contributed by atoms with Crippen LogP contribution in [0.2, 0.25) is 0 Å². The summed E-state index contributed by atoms with van der Waals surface area (Å²) in [6.45, 7) is 4.05. The van der Waals surface area contributed by atoms with Gasteiger partial charge >= 0.3 is 0 Å². The van der Waals surface area contributed by atoms with Crippen molar-refractivity contribution in [2.45, 2.75) is 25.3 Å². The summed E-state index contributed by atoms with van der Waals surface area (Å²) in [4.78, 5) is 17.2. The molecule has 0 N–H and O–H groups in total. The number of amides is 1. The van der Waals surface area contributed by atoms with Crippen LogP contribution >= 0.6 is 0 Å². The number of benzene rings is 1. The molecule has 0 spiro atoms. The van der Waals surface area contributed by atoms with E-state index in [0.717, 1.165) is 19.5 Å². The number of ether oxygens (including phenoxy) is 2. The number of hydrogen-bond acceptors (Lipinski definition) is 4. The lowest BCUT2D eigenvalue weighted by atomic mass is 10.1. The second-order valence-electron chi connectivity index (χ2n) is 6.01. The van der Waals surface area contributed by atoms with Crippen LogP contribution in [0.15, 0.2) is 18.2 Å². The van der Waals surface area contributed by atoms with Gasteiger partial charge in [0.05, 0.1) is 14.2 Å². The molecular weight excluding hydrogens is 280 g/mol. The minimum atomic E-state index is 0.0858. The normalized spacial score (nSPS) is 22.1. The molecule has 2 aliphatic heterocycles. The smallest absolute Gasteiger partial charge is 0.254 e. The van der Waals surface area contributed by atoms with Crippen molar-refractivity contribution in [3.8, 4) is 11.5 Å². The van der Waals surface area contributed by atoms with Gasteiger partial charge in [0.15, 0.2) is 11.5 Å². The van der Waals surface area contributed by atoms with Gasteiger partial charge < -0.3 is 14.4 Å². The lowest BCUT2D eigenvalue weighted by molar-refractivity contribution is 0.0779. The zero-order chi connectivity index (χ0) is 15.5. The van der Waals surface area contributed by atoms with Crippen LogP contribution in [0, 0.1) is 0 Å². The highest BCUT2D eigenvalue weighted by Crippen LogP contribution is 2.29. The van der Waals surface area contributed by atoms with Crippen LogP contribution in [0.25, 0.3) is 0 Å². The monoisotopic (exact) mass is 304 g/mol. The number of rotatable bonds is 4. The molecule has 0 bridgehead atoms. The average molecular weight is 304 g/mol. The van der Waals surface area contributed by atoms with Crippen LogP contribution in [-0.2, 0) is 0 Å². The Kier molecular flexibility index (Phi) is 4.52. The molecule has 2 aliphatic rings. The van der Waals surface area contributed by atoms with E-state index in [4.69, 9.17) is 9.47 Å². The van der Waals surface area contributed by atoms with Crippen molar-refractivity contribution in [2.24, 2.45) is 0 Å². The Morgan fingerprint density at radius 1 is 1.09 bits per heavy atom. The topological polar surface area (TPSA) is 42.0 Å². The maximum Gasteiger partial charge on any atom is 0.254 e. The molecule has 5 heteroatoms. The highest BCUT2D eigenvalue weighted by atomic mass is 16.5. The molecule has 0 saturated carbocycles. The molecule has 1 unspecified atom stereocenters. The van der Waals surface area contributed by atoms with Gasteiger partial charge in [0, 0.05) is 24.7 Å². The minimum Gasteiger partial charge on any atom is -0.493 e. The van der Waals surface area contributed by atoms with Crippen molar-refractivity contribution in [1.82, 2.24) is 9.80 Å². The fourth-order valence-electron chi connectivity index (χ4n) is 3.48. The number of methoxy groups -OCH3 is 2. The minimum absolute atomic E-state index is 0.0858. The molecule has 22 heavy (non-hydrogen) atoms. The molecule has 2 heterocycles. The lowest BCUT2D eigenvalue weighted by Gasteiger charge is -2.23. The summed E-state index contributed by atoms with van der Waals surface area (Å²) in [6, 6.07) is 5.91. The first-order valence-corrected chi connectivity index (χ1v) is 7.98. The molecular formula is C17H24N2O3. The second kappa shape index (κ2) is 6.57. The SMILES string of the molecule is COc1ccc(C(=O)N2CCC(N3CCCC3)C2)cc1OC. The molecule has 0 radical (unpaired) electrons. The highest BCUT2D eigenvalue weighted by Gasteiger charge is 2.32. The van der Waals surface area contributed by atoms with E-state index < -0.39 is 0 Å². The van der Waals surface area contributed by atoms with Crippen LogP contribution in [0.5, 0.6) is 11.5 Å². The Bertz CT molecular complexity index is 541. The summed E-state index contributed by atoms with van der Waals surface area (Å²) < 4.78 is 10.5. The lowest BCUT2D eigenvalue weighted by Crippen LogP contribution is -2.37. The van der Waals surface area contributed by atoms with Gasteiger partial charge in [0.2, 0.25) is 0 Å². The molecule has 2 fully saturated rings. The number of hydrogen-bond donors (Lipinski definition) is 0. The van der Waals surface area contributed by atoms with E-state index in [1.54, 1.807) is 26.4 Å². The number of nitrogens with zero attached hydrogens (tertiary/aromatic N) is 2. The summed E-state index contributed by atoms with van der Waals surface area (Å²) in [5.41, 5.74) is 0.666. The van der Waals surface area contributed by atoms with Gasteiger partial charge in [0.1, 0.15) is 0 Å². The maximum absolute atomic E-state index is 12.7. The Balaban J connectivity index is 1.69. The van der Waals surface area contributed by atoms with Crippen molar-refractivity contribution in [3.05, 3.63) is 23.8 Å². The van der Waals surface area contributed by atoms with Crippen LogP contribution in [-0.4, -0.2) is 62.1 Å². The Morgan fingerprint density at radius 2 is 1.82 bits per heavy atom. The predicted molar refractivity (Wildman–Crippen MR) is 84.7 cm³/mol. The fraction of sp³-hybridized carbons (Fsp3) is 0.588. The van der Waals surface area contributed by atoms with Gasteiger partial charge in [-0.2, -0.15) is 0 Å². The first kappa shape index (κ1) is 15.2. The molecule has 1 aromatic rings. The first-order valence-electron chi connectivity index (χ1n) is 7.98. The van der Waals surface area contributed by atoms with Crippen LogP contribution in [0.4, 0.5) is 0 Å². The largest absolute Gasteiger partial charge is 0.493 e. The quantitative estimate of drug-likeness (QED) is 0.853. The third kappa shape index (κ3) is 2.90. The summed E-state index contributed by atoms with van der Waals surface area (Å²) in [7, 11) is 3.19. The van der Waals surface area contributed by atoms with E-state index >= 15 is 0 Å². The molecule has 1 amide bonds. The number of carbonyl (C=O) groups is 1. The Hall–Kier alpha value is -1.75. The highest BCUT2D eigenvalue weighted by molar-refractivity contribution is 5.95. The predicted octanol–water partition coefficient (Wildman–Crippen LogP) is 2.01. The Labute approximate surface area is 131 Å². The maximum atomic E-state index is 12.7. The molecule has 0 aliphatic carbocycles. The summed E-state index contributed by atoms with van der Waals surface area (Å²) in [6.07, 6.45) is 3.67. The van der Waals surface area contributed by atoms with E-state index in [1.807, 2.05) is 11.0 Å². The standard InChI is InChI=1S/C17H24N2O3/c1-21-15-6-5-13(11-16(15)22-2)17(20)19-10-7-14(12-19)18-8-3-4-9-18/h5-6,11,14H,3-4,7-10,12H2,1-2H3. The molecule has 3 rings (SSSR count). The van der Waals surface area contributed by atoms with Gasteiger partial charge in [-0.15, -0.1) is 0 Å². The van der Waals surface area contributed by atoms with Gasteiger partial charge in [-0.3, -0.25) is 9.69 Å². The van der Waals surface area contributed by atoms with Gasteiger partial charge in [-0.1, -0.05) is 0 Å². The van der Waals surface area contributed by atoms with E-state index in [-0.39, 0.29) is 5.91 Å². The number of likely N-dealkylation sites (tertiary alicyclic amines) is 2. The van der Waals surface area contributed by atoms with Crippen LogP contribution in [0.1, 0.15) is 29.6 Å². The van der Waals surface area contributed by atoms with Crippen LogP contribution in [0.3, 0.4) is 0 Å². The summed E-state index contributed by atoms with van der Waals surface area (Å²) in [5.74, 6) is 1.33. The van der Waals surface area contributed by atoms with Crippen molar-refractivity contribution < 1.29 is 14.3 Å². The first-order chi connectivity index (χ1) is 10.7. The molecule has 2 saturated heterocycles. The van der Waals surface area contributed by atoms with E-state index in [9.17, 15) is 4.79 Å². The average Bonchev–Trinajstić information content (AvgIpc) is 3.24. The Morgan fingerprint density at radius 3 is 2.50 bits per heavy atom. The summed E-state index contributed by atoms with van der Waals surface area (Å²) >= 11 is 0. The molecule has 5 nitrogen and oxygen atoms in total. The third-order valence-corrected chi connectivity index (χ3v) is 4.74. The molecule has 120 valence electrons. The van der Waals surface area contributed by atoms with Crippen molar-refractivity contribution >= 4 is 5.91 Å². The second-order valence-corrected chi connectivity index (χ2v) is 6.01. The van der Waals surface area contributed by atoms with Crippen molar-refractivity contribution in [3.63, 3.8) is 0 Å². The number of carbonyl (C=O) groups excluding carboxylic acids is 1. The van der Waals surface area contributed by atoms with E-state index in [0.29, 0.717) is 23.1 Å². The molecule has 1 aromatic carbocycles. The fourth-order valence-corrected chi connectivity index (χ4v) is 3.48. The van der Waals surface area contributed by atoms with Crippen molar-refractivity contribution in [2.75, 3.05) is 40.4 Å². The van der Waals surface area contributed by atoms with Gasteiger partial charge in [-0.25, -0.2) is 0 Å². The third-order valence-electron chi connectivity index (χ3n) is 4.74. The van der Waals surface area contributed by atoms with E-state index in [2.05, 4.69) is 4.90 Å². The van der Waals surface area contributed by atoms with Gasteiger partial charge in [-0.05, 0) is 50.6 Å². The van der Waals surface area contributed by atoms with Crippen LogP contribution < -0.4 is 9.47 Å².